The van der Waals surface area contributed by atoms with Gasteiger partial charge in [-0.25, -0.2) is 9.97 Å². The monoisotopic (exact) mass is 319 g/mol. The first-order valence-electron chi connectivity index (χ1n) is 6.65. The molecule has 2 aromatic rings. The molecular weight excluding hydrogens is 306 g/mol. The van der Waals surface area contributed by atoms with Crippen molar-refractivity contribution < 1.29 is 4.79 Å². The Balaban J connectivity index is 1.97. The molecule has 2 aromatic heterocycles. The van der Waals surface area contributed by atoms with Crippen LogP contribution in [0, 0.1) is 5.92 Å². The molecule has 0 spiro atoms. The lowest BCUT2D eigenvalue weighted by Crippen LogP contribution is -2.07. The molecule has 0 unspecified atom stereocenters. The highest BCUT2D eigenvalue weighted by Gasteiger charge is 2.32. The van der Waals surface area contributed by atoms with Gasteiger partial charge in [0.1, 0.15) is 11.0 Å². The summed E-state index contributed by atoms with van der Waals surface area (Å²) in [6.07, 6.45) is 7.17. The highest BCUT2D eigenvalue weighted by molar-refractivity contribution is 7.98. The zero-order valence-electron chi connectivity index (χ0n) is 11.5. The predicted molar refractivity (Wildman–Crippen MR) is 85.6 cm³/mol. The highest BCUT2D eigenvalue weighted by atomic mass is 35.5. The number of thioether (sulfide) groups is 1. The molecule has 1 aliphatic rings. The van der Waals surface area contributed by atoms with Crippen LogP contribution >= 0.6 is 23.4 Å². The first kappa shape index (κ1) is 14.4. The summed E-state index contributed by atoms with van der Waals surface area (Å²) in [5.41, 5.74) is 1.25. The molecule has 0 radical (unpaired) electrons. The van der Waals surface area contributed by atoms with Crippen LogP contribution in [-0.2, 0) is 0 Å². The second-order valence-electron chi connectivity index (χ2n) is 4.87. The van der Waals surface area contributed by atoms with Gasteiger partial charge < -0.3 is 5.32 Å². The van der Waals surface area contributed by atoms with E-state index in [0.717, 1.165) is 23.6 Å². The standard InChI is InChI=1S/C15H14ClN3OS/c1-21-12-3-2-6-17-15(12)19-11-7-13(16)18-8-10(11)14(20)9-4-5-9/h2-3,6-9H,4-5H2,1H3,(H,17,18,19). The summed E-state index contributed by atoms with van der Waals surface area (Å²) in [6.45, 7) is 0. The number of carbonyl (C=O) groups is 1. The second-order valence-corrected chi connectivity index (χ2v) is 6.11. The lowest BCUT2D eigenvalue weighted by molar-refractivity contribution is 0.0968. The number of rotatable bonds is 5. The van der Waals surface area contributed by atoms with Gasteiger partial charge in [0.2, 0.25) is 0 Å². The van der Waals surface area contributed by atoms with E-state index in [4.69, 9.17) is 11.6 Å². The Labute approximate surface area is 132 Å². The topological polar surface area (TPSA) is 54.9 Å². The lowest BCUT2D eigenvalue weighted by Gasteiger charge is -2.12. The average Bonchev–Trinajstić information content (AvgIpc) is 3.32. The number of ketones is 1. The normalized spacial score (nSPS) is 14.0. The van der Waals surface area contributed by atoms with Crippen molar-refractivity contribution in [1.82, 2.24) is 9.97 Å². The van der Waals surface area contributed by atoms with Crippen LogP contribution in [0.1, 0.15) is 23.2 Å². The Kier molecular flexibility index (Phi) is 4.12. The van der Waals surface area contributed by atoms with E-state index in [1.54, 1.807) is 30.2 Å². The zero-order chi connectivity index (χ0) is 14.8. The zero-order valence-corrected chi connectivity index (χ0v) is 13.0. The number of carbonyl (C=O) groups excluding carboxylic acids is 1. The third-order valence-corrected chi connectivity index (χ3v) is 4.30. The number of nitrogens with zero attached hydrogens (tertiary/aromatic N) is 2. The Morgan fingerprint density at radius 2 is 2.24 bits per heavy atom. The summed E-state index contributed by atoms with van der Waals surface area (Å²) in [5, 5.41) is 3.57. The van der Waals surface area contributed by atoms with Crippen LogP contribution in [0.5, 0.6) is 0 Å². The van der Waals surface area contributed by atoms with Crippen molar-refractivity contribution in [1.29, 1.82) is 0 Å². The van der Waals surface area contributed by atoms with Crippen LogP contribution in [0.15, 0.2) is 35.5 Å². The number of Topliss-reactive ketones (excluding diaryl/α,β-unsaturated/α-hetero) is 1. The number of hydrogen-bond acceptors (Lipinski definition) is 5. The van der Waals surface area contributed by atoms with Crippen LogP contribution in [0.3, 0.4) is 0 Å². The van der Waals surface area contributed by atoms with Gasteiger partial charge >= 0.3 is 0 Å². The van der Waals surface area contributed by atoms with E-state index in [-0.39, 0.29) is 11.7 Å². The fourth-order valence-electron chi connectivity index (χ4n) is 2.07. The van der Waals surface area contributed by atoms with E-state index in [2.05, 4.69) is 15.3 Å². The third-order valence-electron chi connectivity index (χ3n) is 3.33. The van der Waals surface area contributed by atoms with E-state index >= 15 is 0 Å². The van der Waals surface area contributed by atoms with Gasteiger partial charge in [-0.05, 0) is 37.3 Å². The maximum Gasteiger partial charge on any atom is 0.169 e. The van der Waals surface area contributed by atoms with Gasteiger partial charge in [0, 0.05) is 23.2 Å². The Bertz CT molecular complexity index is 688. The van der Waals surface area contributed by atoms with Crippen molar-refractivity contribution in [3.05, 3.63) is 41.3 Å². The van der Waals surface area contributed by atoms with Gasteiger partial charge in [-0.2, -0.15) is 0 Å². The molecule has 21 heavy (non-hydrogen) atoms. The van der Waals surface area contributed by atoms with Crippen molar-refractivity contribution >= 4 is 40.7 Å². The molecule has 6 heteroatoms. The summed E-state index contributed by atoms with van der Waals surface area (Å²) < 4.78 is 0. The predicted octanol–water partition coefficient (Wildman–Crippen LogP) is 4.19. The minimum absolute atomic E-state index is 0.128. The fraction of sp³-hybridized carbons (Fsp3) is 0.267. The maximum atomic E-state index is 12.3. The van der Waals surface area contributed by atoms with Crippen molar-refractivity contribution in [2.24, 2.45) is 5.92 Å². The first-order chi connectivity index (χ1) is 10.2. The number of nitrogens with one attached hydrogen (secondary N) is 1. The number of hydrogen-bond donors (Lipinski definition) is 1. The van der Waals surface area contributed by atoms with Gasteiger partial charge in [0.25, 0.3) is 0 Å². The van der Waals surface area contributed by atoms with Gasteiger partial charge in [-0.1, -0.05) is 11.6 Å². The van der Waals surface area contributed by atoms with E-state index in [1.807, 2.05) is 18.4 Å². The van der Waals surface area contributed by atoms with Crippen LogP contribution in [0.2, 0.25) is 5.15 Å². The van der Waals surface area contributed by atoms with Crippen LogP contribution in [-0.4, -0.2) is 22.0 Å². The first-order valence-corrected chi connectivity index (χ1v) is 8.25. The molecule has 1 fully saturated rings. The van der Waals surface area contributed by atoms with E-state index in [9.17, 15) is 4.79 Å². The molecule has 1 N–H and O–H groups in total. The van der Waals surface area contributed by atoms with E-state index in [0.29, 0.717) is 16.4 Å². The smallest absolute Gasteiger partial charge is 0.169 e. The van der Waals surface area contributed by atoms with Crippen LogP contribution in [0.25, 0.3) is 0 Å². The molecule has 0 atom stereocenters. The van der Waals surface area contributed by atoms with Gasteiger partial charge in [-0.3, -0.25) is 4.79 Å². The number of pyridine rings is 2. The van der Waals surface area contributed by atoms with Crippen molar-refractivity contribution in [2.75, 3.05) is 11.6 Å². The minimum Gasteiger partial charge on any atom is -0.339 e. The molecule has 0 amide bonds. The van der Waals surface area contributed by atoms with E-state index < -0.39 is 0 Å². The van der Waals surface area contributed by atoms with Crippen molar-refractivity contribution in [3.63, 3.8) is 0 Å². The molecule has 2 heterocycles. The minimum atomic E-state index is 0.128. The molecule has 0 aromatic carbocycles. The highest BCUT2D eigenvalue weighted by Crippen LogP contribution is 2.36. The quantitative estimate of drug-likeness (QED) is 0.509. The number of aromatic nitrogens is 2. The molecule has 3 rings (SSSR count). The van der Waals surface area contributed by atoms with Crippen LogP contribution in [0.4, 0.5) is 11.5 Å². The molecule has 0 saturated heterocycles. The molecule has 108 valence electrons. The number of anilines is 2. The van der Waals surface area contributed by atoms with Gasteiger partial charge in [0.05, 0.1) is 11.3 Å². The second kappa shape index (κ2) is 6.03. The van der Waals surface area contributed by atoms with Gasteiger partial charge in [0.15, 0.2) is 5.78 Å². The van der Waals surface area contributed by atoms with Crippen LogP contribution < -0.4 is 5.32 Å². The maximum absolute atomic E-state index is 12.3. The molecule has 4 nitrogen and oxygen atoms in total. The average molecular weight is 320 g/mol. The Morgan fingerprint density at radius 3 is 2.95 bits per heavy atom. The summed E-state index contributed by atoms with van der Waals surface area (Å²) >= 11 is 7.56. The van der Waals surface area contributed by atoms with E-state index in [1.165, 1.54) is 0 Å². The Hall–Kier alpha value is -1.59. The van der Waals surface area contributed by atoms with Crippen molar-refractivity contribution in [3.8, 4) is 0 Å². The molecule has 1 saturated carbocycles. The lowest BCUT2D eigenvalue weighted by atomic mass is 10.1. The molecule has 0 bridgehead atoms. The van der Waals surface area contributed by atoms with Crippen molar-refractivity contribution in [2.45, 2.75) is 17.7 Å². The van der Waals surface area contributed by atoms with Gasteiger partial charge in [-0.15, -0.1) is 11.8 Å². The summed E-state index contributed by atoms with van der Waals surface area (Å²) in [6, 6.07) is 5.54. The largest absolute Gasteiger partial charge is 0.339 e. The Morgan fingerprint density at radius 1 is 1.43 bits per heavy atom. The fourth-order valence-corrected chi connectivity index (χ4v) is 2.74. The number of halogens is 1. The summed E-state index contributed by atoms with van der Waals surface area (Å²) in [4.78, 5) is 21.7. The SMILES string of the molecule is CSc1cccnc1Nc1cc(Cl)ncc1C(=O)C1CC1. The third kappa shape index (κ3) is 3.19. The summed E-state index contributed by atoms with van der Waals surface area (Å²) in [5.74, 6) is 0.984. The molecule has 1 aliphatic carbocycles. The molecule has 0 aliphatic heterocycles. The molecular formula is C15H14ClN3OS. The summed E-state index contributed by atoms with van der Waals surface area (Å²) in [7, 11) is 0.